The third-order valence-corrected chi connectivity index (χ3v) is 1.84. The predicted molar refractivity (Wildman–Crippen MR) is 47.8 cm³/mol. The SMILES string of the molecule is C=C1CCC(=O)N1OC(=O)CCOC. The molecule has 0 aromatic carbocycles. The van der Waals surface area contributed by atoms with Crippen LogP contribution in [0.2, 0.25) is 0 Å². The fourth-order valence-electron chi connectivity index (χ4n) is 1.08. The lowest BCUT2D eigenvalue weighted by Crippen LogP contribution is -2.27. The average molecular weight is 199 g/mol. The highest BCUT2D eigenvalue weighted by molar-refractivity contribution is 5.82. The number of hydrogen-bond donors (Lipinski definition) is 0. The smallest absolute Gasteiger partial charge is 0.335 e. The number of allylic oxidation sites excluding steroid dienone is 1. The quantitative estimate of drug-likeness (QED) is 0.666. The summed E-state index contributed by atoms with van der Waals surface area (Å²) in [5, 5.41) is 0.970. The molecule has 1 saturated heterocycles. The summed E-state index contributed by atoms with van der Waals surface area (Å²) in [5.41, 5.74) is 0.528. The van der Waals surface area contributed by atoms with Crippen LogP contribution in [-0.4, -0.2) is 30.7 Å². The van der Waals surface area contributed by atoms with Crippen LogP contribution < -0.4 is 0 Å². The summed E-state index contributed by atoms with van der Waals surface area (Å²) in [5.74, 6) is -0.705. The Bertz CT molecular complexity index is 246. The molecule has 0 saturated carbocycles. The van der Waals surface area contributed by atoms with E-state index in [0.717, 1.165) is 5.06 Å². The third kappa shape index (κ3) is 2.56. The van der Waals surface area contributed by atoms with Crippen molar-refractivity contribution in [2.45, 2.75) is 19.3 Å². The Morgan fingerprint density at radius 1 is 1.57 bits per heavy atom. The van der Waals surface area contributed by atoms with Crippen LogP contribution in [0.5, 0.6) is 0 Å². The Labute approximate surface area is 82.2 Å². The lowest BCUT2D eigenvalue weighted by molar-refractivity contribution is -0.187. The van der Waals surface area contributed by atoms with E-state index < -0.39 is 5.97 Å². The second-order valence-electron chi connectivity index (χ2n) is 2.96. The molecular weight excluding hydrogens is 186 g/mol. The number of hydroxylamine groups is 2. The van der Waals surface area contributed by atoms with Gasteiger partial charge in [-0.2, -0.15) is 0 Å². The number of methoxy groups -OCH3 is 1. The molecule has 1 amide bonds. The van der Waals surface area contributed by atoms with Crippen molar-refractivity contribution in [3.05, 3.63) is 12.3 Å². The molecule has 1 heterocycles. The van der Waals surface area contributed by atoms with Crippen molar-refractivity contribution >= 4 is 11.9 Å². The molecule has 1 rings (SSSR count). The highest BCUT2D eigenvalue weighted by atomic mass is 16.7. The minimum Gasteiger partial charge on any atom is -0.384 e. The summed E-state index contributed by atoms with van der Waals surface area (Å²) in [6.45, 7) is 3.90. The van der Waals surface area contributed by atoms with E-state index >= 15 is 0 Å². The van der Waals surface area contributed by atoms with Crippen LogP contribution >= 0.6 is 0 Å². The summed E-state index contributed by atoms with van der Waals surface area (Å²) < 4.78 is 4.70. The van der Waals surface area contributed by atoms with Gasteiger partial charge in [0, 0.05) is 13.5 Å². The fourth-order valence-corrected chi connectivity index (χ4v) is 1.08. The van der Waals surface area contributed by atoms with Crippen molar-refractivity contribution < 1.29 is 19.2 Å². The van der Waals surface area contributed by atoms with Gasteiger partial charge in [-0.3, -0.25) is 4.79 Å². The zero-order chi connectivity index (χ0) is 10.6. The molecule has 5 heteroatoms. The number of amides is 1. The predicted octanol–water partition coefficient (Wildman–Crippen LogP) is 0.617. The minimum absolute atomic E-state index is 0.132. The van der Waals surface area contributed by atoms with Crippen LogP contribution in [0.3, 0.4) is 0 Å². The molecule has 0 aliphatic carbocycles. The number of hydrogen-bond acceptors (Lipinski definition) is 4. The van der Waals surface area contributed by atoms with Gasteiger partial charge in [0.15, 0.2) is 0 Å². The molecule has 0 radical (unpaired) electrons. The first-order chi connectivity index (χ1) is 6.65. The fraction of sp³-hybridized carbons (Fsp3) is 0.556. The molecule has 1 aliphatic heterocycles. The third-order valence-electron chi connectivity index (χ3n) is 1.84. The Morgan fingerprint density at radius 2 is 2.29 bits per heavy atom. The standard InChI is InChI=1S/C9H13NO4/c1-7-3-4-8(11)10(7)14-9(12)5-6-13-2/h1,3-6H2,2H3. The van der Waals surface area contributed by atoms with Gasteiger partial charge < -0.3 is 9.57 Å². The molecule has 78 valence electrons. The van der Waals surface area contributed by atoms with Crippen molar-refractivity contribution in [3.8, 4) is 0 Å². The Hall–Kier alpha value is -1.36. The normalized spacial score (nSPS) is 16.2. The number of ether oxygens (including phenoxy) is 1. The van der Waals surface area contributed by atoms with Gasteiger partial charge in [-0.15, -0.1) is 5.06 Å². The molecule has 14 heavy (non-hydrogen) atoms. The van der Waals surface area contributed by atoms with E-state index in [9.17, 15) is 9.59 Å². The molecule has 0 aromatic rings. The van der Waals surface area contributed by atoms with Crippen molar-refractivity contribution in [3.63, 3.8) is 0 Å². The highest BCUT2D eigenvalue weighted by Crippen LogP contribution is 2.20. The van der Waals surface area contributed by atoms with E-state index in [1.54, 1.807) is 0 Å². The first-order valence-electron chi connectivity index (χ1n) is 4.35. The topological polar surface area (TPSA) is 55.8 Å². The summed E-state index contributed by atoms with van der Waals surface area (Å²) in [6, 6.07) is 0. The Balaban J connectivity index is 2.39. The molecule has 0 unspecified atom stereocenters. The molecule has 0 N–H and O–H groups in total. The van der Waals surface area contributed by atoms with E-state index in [1.807, 2.05) is 0 Å². The largest absolute Gasteiger partial charge is 0.384 e. The maximum Gasteiger partial charge on any atom is 0.335 e. The minimum atomic E-state index is -0.483. The van der Waals surface area contributed by atoms with E-state index in [2.05, 4.69) is 6.58 Å². The summed E-state index contributed by atoms with van der Waals surface area (Å²) in [4.78, 5) is 27.1. The number of carbonyl (C=O) groups excluding carboxylic acids is 2. The van der Waals surface area contributed by atoms with Gasteiger partial charge in [-0.05, 0) is 6.42 Å². The second kappa shape index (κ2) is 4.76. The van der Waals surface area contributed by atoms with Gasteiger partial charge in [0.1, 0.15) is 0 Å². The Morgan fingerprint density at radius 3 is 2.79 bits per heavy atom. The molecule has 5 nitrogen and oxygen atoms in total. The molecule has 0 aromatic heterocycles. The van der Waals surface area contributed by atoms with Crippen molar-refractivity contribution in [2.24, 2.45) is 0 Å². The van der Waals surface area contributed by atoms with Gasteiger partial charge >= 0.3 is 5.97 Å². The van der Waals surface area contributed by atoms with Crippen molar-refractivity contribution in [1.29, 1.82) is 0 Å². The van der Waals surface area contributed by atoms with E-state index in [0.29, 0.717) is 18.5 Å². The number of carbonyl (C=O) groups is 2. The van der Waals surface area contributed by atoms with Gasteiger partial charge in [-0.25, -0.2) is 4.79 Å². The van der Waals surface area contributed by atoms with E-state index in [4.69, 9.17) is 9.57 Å². The Kier molecular flexibility index (Phi) is 3.64. The zero-order valence-corrected chi connectivity index (χ0v) is 8.12. The van der Waals surface area contributed by atoms with E-state index in [1.165, 1.54) is 7.11 Å². The van der Waals surface area contributed by atoms with Crippen LogP contribution in [-0.2, 0) is 19.2 Å². The van der Waals surface area contributed by atoms with Gasteiger partial charge in [-0.1, -0.05) is 6.58 Å². The number of nitrogens with zero attached hydrogens (tertiary/aromatic N) is 1. The van der Waals surface area contributed by atoms with Gasteiger partial charge in [0.2, 0.25) is 0 Å². The van der Waals surface area contributed by atoms with Gasteiger partial charge in [0.05, 0.1) is 18.7 Å². The van der Waals surface area contributed by atoms with E-state index in [-0.39, 0.29) is 18.9 Å². The average Bonchev–Trinajstić information content (AvgIpc) is 2.46. The number of rotatable bonds is 4. The summed E-state index contributed by atoms with van der Waals surface area (Å²) >= 11 is 0. The molecule has 1 aliphatic rings. The molecular formula is C9H13NO4. The van der Waals surface area contributed by atoms with Crippen LogP contribution in [0.1, 0.15) is 19.3 Å². The molecule has 0 bridgehead atoms. The first kappa shape index (κ1) is 10.7. The van der Waals surface area contributed by atoms with Crippen molar-refractivity contribution in [2.75, 3.05) is 13.7 Å². The monoisotopic (exact) mass is 199 g/mol. The molecule has 0 atom stereocenters. The summed E-state index contributed by atoms with van der Waals surface area (Å²) in [7, 11) is 1.49. The second-order valence-corrected chi connectivity index (χ2v) is 2.96. The highest BCUT2D eigenvalue weighted by Gasteiger charge is 2.27. The van der Waals surface area contributed by atoms with Gasteiger partial charge in [0.25, 0.3) is 5.91 Å². The summed E-state index contributed by atoms with van der Waals surface area (Å²) in [6.07, 6.45) is 1.04. The van der Waals surface area contributed by atoms with Crippen LogP contribution in [0.15, 0.2) is 12.3 Å². The first-order valence-corrected chi connectivity index (χ1v) is 4.35. The molecule has 0 spiro atoms. The van der Waals surface area contributed by atoms with Crippen LogP contribution in [0.25, 0.3) is 0 Å². The van der Waals surface area contributed by atoms with Crippen LogP contribution in [0.4, 0.5) is 0 Å². The lowest BCUT2D eigenvalue weighted by Gasteiger charge is -2.15. The van der Waals surface area contributed by atoms with Crippen LogP contribution in [0, 0.1) is 0 Å². The lowest BCUT2D eigenvalue weighted by atomic mass is 10.3. The maximum atomic E-state index is 11.2. The maximum absolute atomic E-state index is 11.2. The molecule has 1 fully saturated rings. The van der Waals surface area contributed by atoms with Crippen molar-refractivity contribution in [1.82, 2.24) is 5.06 Å². The zero-order valence-electron chi connectivity index (χ0n) is 8.12.